The van der Waals surface area contributed by atoms with E-state index in [4.69, 9.17) is 25.8 Å². The molecular formula is C18H16ClNO5. The van der Waals surface area contributed by atoms with Crippen LogP contribution in [0, 0.1) is 0 Å². The number of fused-ring (bicyclic) bond motifs is 1. The fraction of sp³-hybridized carbons (Fsp3) is 0.222. The van der Waals surface area contributed by atoms with Crippen LogP contribution >= 0.6 is 11.6 Å². The number of halogens is 1. The van der Waals surface area contributed by atoms with Crippen molar-refractivity contribution < 1.29 is 23.8 Å². The van der Waals surface area contributed by atoms with Gasteiger partial charge in [-0.2, -0.15) is 0 Å². The number of hydrogen-bond donors (Lipinski definition) is 1. The standard InChI is InChI=1S/C18H16ClNO5/c1-2-23-18(22)12-9-11(7-8-13(12)19)20-17(21)16-10-24-14-5-3-4-6-15(14)25-16/h3-9,16H,2,10H2,1H3,(H,20,21)/t16-/m0/s1. The first kappa shape index (κ1) is 17.1. The van der Waals surface area contributed by atoms with E-state index in [9.17, 15) is 9.59 Å². The lowest BCUT2D eigenvalue weighted by atomic mass is 10.2. The summed E-state index contributed by atoms with van der Waals surface area (Å²) in [6.45, 7) is 2.04. The summed E-state index contributed by atoms with van der Waals surface area (Å²) in [5.41, 5.74) is 0.604. The largest absolute Gasteiger partial charge is 0.485 e. The van der Waals surface area contributed by atoms with E-state index >= 15 is 0 Å². The number of carbonyl (C=O) groups excluding carboxylic acids is 2. The van der Waals surface area contributed by atoms with Gasteiger partial charge in [-0.15, -0.1) is 0 Å². The van der Waals surface area contributed by atoms with Crippen molar-refractivity contribution in [1.82, 2.24) is 0 Å². The molecule has 0 unspecified atom stereocenters. The van der Waals surface area contributed by atoms with E-state index in [1.807, 2.05) is 6.07 Å². The number of amides is 1. The Morgan fingerprint density at radius 3 is 2.76 bits per heavy atom. The van der Waals surface area contributed by atoms with Gasteiger partial charge in [0.2, 0.25) is 6.10 Å². The van der Waals surface area contributed by atoms with Crippen LogP contribution in [0.25, 0.3) is 0 Å². The number of carbonyl (C=O) groups is 2. The summed E-state index contributed by atoms with van der Waals surface area (Å²) in [7, 11) is 0. The fourth-order valence-corrected chi connectivity index (χ4v) is 2.53. The van der Waals surface area contributed by atoms with Crippen LogP contribution in [0.15, 0.2) is 42.5 Å². The molecule has 0 bridgehead atoms. The van der Waals surface area contributed by atoms with Crippen molar-refractivity contribution in [1.29, 1.82) is 0 Å². The molecule has 1 N–H and O–H groups in total. The molecule has 1 aliphatic heterocycles. The van der Waals surface area contributed by atoms with Gasteiger partial charge < -0.3 is 19.5 Å². The van der Waals surface area contributed by atoms with Gasteiger partial charge in [0.1, 0.15) is 6.61 Å². The zero-order chi connectivity index (χ0) is 17.8. The molecule has 1 amide bonds. The minimum absolute atomic E-state index is 0.0984. The van der Waals surface area contributed by atoms with Gasteiger partial charge in [-0.3, -0.25) is 4.79 Å². The topological polar surface area (TPSA) is 73.9 Å². The number of rotatable bonds is 4. The smallest absolute Gasteiger partial charge is 0.339 e. The third-order valence-electron chi connectivity index (χ3n) is 3.53. The van der Waals surface area contributed by atoms with Crippen LogP contribution in [0.2, 0.25) is 5.02 Å². The summed E-state index contributed by atoms with van der Waals surface area (Å²) in [6, 6.07) is 11.7. The van der Waals surface area contributed by atoms with E-state index in [1.165, 1.54) is 12.1 Å². The predicted molar refractivity (Wildman–Crippen MR) is 92.4 cm³/mol. The molecule has 0 fully saturated rings. The highest BCUT2D eigenvalue weighted by Gasteiger charge is 2.27. The summed E-state index contributed by atoms with van der Waals surface area (Å²) in [4.78, 5) is 24.3. The van der Waals surface area contributed by atoms with Gasteiger partial charge in [-0.25, -0.2) is 4.79 Å². The summed E-state index contributed by atoms with van der Waals surface area (Å²) in [5.74, 6) is 0.182. The zero-order valence-corrected chi connectivity index (χ0v) is 14.2. The first-order chi connectivity index (χ1) is 12.1. The van der Waals surface area contributed by atoms with E-state index in [1.54, 1.807) is 31.2 Å². The first-order valence-corrected chi connectivity index (χ1v) is 8.12. The van der Waals surface area contributed by atoms with Crippen molar-refractivity contribution in [2.75, 3.05) is 18.5 Å². The lowest BCUT2D eigenvalue weighted by Gasteiger charge is -2.25. The van der Waals surface area contributed by atoms with Crippen molar-refractivity contribution in [2.45, 2.75) is 13.0 Å². The van der Waals surface area contributed by atoms with Crippen molar-refractivity contribution in [3.63, 3.8) is 0 Å². The molecule has 0 saturated heterocycles. The maximum absolute atomic E-state index is 12.4. The summed E-state index contributed by atoms with van der Waals surface area (Å²) >= 11 is 6.01. The second-order valence-electron chi connectivity index (χ2n) is 5.27. The van der Waals surface area contributed by atoms with Crippen LogP contribution in [0.5, 0.6) is 11.5 Å². The summed E-state index contributed by atoms with van der Waals surface area (Å²) < 4.78 is 16.1. The van der Waals surface area contributed by atoms with Crippen molar-refractivity contribution in [3.05, 3.63) is 53.1 Å². The molecule has 1 heterocycles. The molecule has 0 spiro atoms. The van der Waals surface area contributed by atoms with Gasteiger partial charge in [0.15, 0.2) is 11.5 Å². The van der Waals surface area contributed by atoms with Crippen LogP contribution in [0.1, 0.15) is 17.3 Å². The molecule has 0 aliphatic carbocycles. The Labute approximate surface area is 149 Å². The van der Waals surface area contributed by atoms with E-state index < -0.39 is 12.1 Å². The number of benzene rings is 2. The highest BCUT2D eigenvalue weighted by Crippen LogP contribution is 2.31. The maximum atomic E-state index is 12.4. The molecule has 0 aromatic heterocycles. The molecule has 0 saturated carbocycles. The van der Waals surface area contributed by atoms with Crippen molar-refractivity contribution in [3.8, 4) is 11.5 Å². The average molecular weight is 362 g/mol. The minimum Gasteiger partial charge on any atom is -0.485 e. The molecule has 130 valence electrons. The molecule has 0 radical (unpaired) electrons. The molecule has 1 aliphatic rings. The second-order valence-corrected chi connectivity index (χ2v) is 5.68. The number of anilines is 1. The third-order valence-corrected chi connectivity index (χ3v) is 3.86. The minimum atomic E-state index is -0.795. The van der Waals surface area contributed by atoms with Crippen LogP contribution < -0.4 is 14.8 Å². The number of esters is 1. The number of hydrogen-bond acceptors (Lipinski definition) is 5. The molecule has 25 heavy (non-hydrogen) atoms. The highest BCUT2D eigenvalue weighted by molar-refractivity contribution is 6.33. The molecule has 2 aromatic carbocycles. The number of ether oxygens (including phenoxy) is 3. The quantitative estimate of drug-likeness (QED) is 0.846. The van der Waals surface area contributed by atoms with E-state index in [-0.39, 0.29) is 29.7 Å². The van der Waals surface area contributed by atoms with Gasteiger partial charge in [-0.1, -0.05) is 23.7 Å². The second kappa shape index (κ2) is 7.44. The monoisotopic (exact) mass is 361 g/mol. The lowest BCUT2D eigenvalue weighted by Crippen LogP contribution is -2.40. The van der Waals surface area contributed by atoms with Gasteiger partial charge in [-0.05, 0) is 37.3 Å². The Balaban J connectivity index is 1.71. The molecule has 1 atom stereocenters. The normalized spacial score (nSPS) is 15.4. The molecular weight excluding hydrogens is 346 g/mol. The Morgan fingerprint density at radius 2 is 2.00 bits per heavy atom. The highest BCUT2D eigenvalue weighted by atomic mass is 35.5. The van der Waals surface area contributed by atoms with Gasteiger partial charge in [0, 0.05) is 5.69 Å². The van der Waals surface area contributed by atoms with E-state index in [2.05, 4.69) is 5.32 Å². The van der Waals surface area contributed by atoms with Gasteiger partial charge in [0.25, 0.3) is 5.91 Å². The van der Waals surface area contributed by atoms with Crippen LogP contribution in [-0.2, 0) is 9.53 Å². The van der Waals surface area contributed by atoms with E-state index in [0.29, 0.717) is 17.2 Å². The Hall–Kier alpha value is -2.73. The number of para-hydroxylation sites is 2. The summed E-state index contributed by atoms with van der Waals surface area (Å²) in [5, 5.41) is 2.95. The van der Waals surface area contributed by atoms with Crippen LogP contribution in [0.3, 0.4) is 0 Å². The predicted octanol–water partition coefficient (Wildman–Crippen LogP) is 3.30. The molecule has 6 nitrogen and oxygen atoms in total. The third kappa shape index (κ3) is 3.85. The van der Waals surface area contributed by atoms with Crippen LogP contribution in [-0.4, -0.2) is 31.2 Å². The Morgan fingerprint density at radius 1 is 1.24 bits per heavy atom. The fourth-order valence-electron chi connectivity index (χ4n) is 2.34. The van der Waals surface area contributed by atoms with Crippen molar-refractivity contribution in [2.24, 2.45) is 0 Å². The maximum Gasteiger partial charge on any atom is 0.339 e. The zero-order valence-electron chi connectivity index (χ0n) is 13.5. The SMILES string of the molecule is CCOC(=O)c1cc(NC(=O)[C@@H]2COc3ccccc3O2)ccc1Cl. The van der Waals surface area contributed by atoms with Crippen molar-refractivity contribution >= 4 is 29.2 Å². The van der Waals surface area contributed by atoms with Crippen LogP contribution in [0.4, 0.5) is 5.69 Å². The van der Waals surface area contributed by atoms with Gasteiger partial charge >= 0.3 is 5.97 Å². The average Bonchev–Trinajstić information content (AvgIpc) is 2.63. The number of nitrogens with one attached hydrogen (secondary N) is 1. The Kier molecular flexibility index (Phi) is 5.09. The summed E-state index contributed by atoms with van der Waals surface area (Å²) in [6.07, 6.45) is -0.795. The molecule has 7 heteroatoms. The van der Waals surface area contributed by atoms with E-state index in [0.717, 1.165) is 0 Å². The first-order valence-electron chi connectivity index (χ1n) is 7.74. The lowest BCUT2D eigenvalue weighted by molar-refractivity contribution is -0.125. The van der Waals surface area contributed by atoms with Gasteiger partial charge in [0.05, 0.1) is 17.2 Å². The Bertz CT molecular complexity index is 808. The molecule has 3 rings (SSSR count). The molecule has 2 aromatic rings.